The second-order valence-corrected chi connectivity index (χ2v) is 9.03. The molecule has 4 amide bonds. The predicted octanol–water partition coefficient (Wildman–Crippen LogP) is 5.64. The summed E-state index contributed by atoms with van der Waals surface area (Å²) in [5, 5.41) is 2.58. The Balaban J connectivity index is 1.58. The number of aryl methyl sites for hydroxylation is 1. The molecule has 1 saturated heterocycles. The van der Waals surface area contributed by atoms with Crippen molar-refractivity contribution >= 4 is 63.8 Å². The fraction of sp³-hybridized carbons (Fsp3) is 0.0800. The zero-order valence-electron chi connectivity index (χ0n) is 17.8. The Labute approximate surface area is 213 Å². The number of halogens is 3. The standard InChI is InChI=1S/C25H17ClFIN2O4/c1-14-6-8-17(12-19(14)26)30-24(32)18(23(31)29-25(30)33)10-15-7-9-22(21(28)11-15)34-13-16-4-2-3-5-20(16)27/h2-12H,13H2,1H3,(H,29,31,33)/b18-10-. The zero-order chi connectivity index (χ0) is 24.4. The summed E-state index contributed by atoms with van der Waals surface area (Å²) in [6.07, 6.45) is 1.40. The van der Waals surface area contributed by atoms with Crippen LogP contribution >= 0.6 is 34.2 Å². The van der Waals surface area contributed by atoms with Gasteiger partial charge in [0.1, 0.15) is 23.7 Å². The number of amides is 4. The van der Waals surface area contributed by atoms with E-state index in [2.05, 4.69) is 27.9 Å². The second-order valence-electron chi connectivity index (χ2n) is 7.46. The van der Waals surface area contributed by atoms with Crippen LogP contribution in [0.25, 0.3) is 6.08 Å². The molecule has 1 fully saturated rings. The monoisotopic (exact) mass is 590 g/mol. The first-order valence-corrected chi connectivity index (χ1v) is 11.5. The van der Waals surface area contributed by atoms with Crippen LogP contribution in [0.3, 0.4) is 0 Å². The lowest BCUT2D eigenvalue weighted by Crippen LogP contribution is -2.54. The van der Waals surface area contributed by atoms with E-state index in [4.69, 9.17) is 16.3 Å². The number of hydrogen-bond acceptors (Lipinski definition) is 4. The van der Waals surface area contributed by atoms with E-state index in [0.717, 1.165) is 10.5 Å². The van der Waals surface area contributed by atoms with E-state index < -0.39 is 17.8 Å². The van der Waals surface area contributed by atoms with E-state index in [9.17, 15) is 18.8 Å². The average Bonchev–Trinajstić information content (AvgIpc) is 2.79. The lowest BCUT2D eigenvalue weighted by molar-refractivity contribution is -0.122. The van der Waals surface area contributed by atoms with Gasteiger partial charge in [0, 0.05) is 10.6 Å². The molecule has 6 nitrogen and oxygen atoms in total. The molecular weight excluding hydrogens is 574 g/mol. The minimum Gasteiger partial charge on any atom is -0.488 e. The minimum absolute atomic E-state index is 0.0557. The number of hydrogen-bond donors (Lipinski definition) is 1. The van der Waals surface area contributed by atoms with Crippen molar-refractivity contribution in [3.8, 4) is 5.75 Å². The van der Waals surface area contributed by atoms with Crippen molar-refractivity contribution in [3.05, 3.63) is 97.3 Å². The fourth-order valence-corrected chi connectivity index (χ4v) is 4.14. The van der Waals surface area contributed by atoms with Gasteiger partial charge in [0.15, 0.2) is 0 Å². The van der Waals surface area contributed by atoms with Crippen LogP contribution in [0.1, 0.15) is 16.7 Å². The molecule has 1 aliphatic heterocycles. The summed E-state index contributed by atoms with van der Waals surface area (Å²) in [4.78, 5) is 38.7. The highest BCUT2D eigenvalue weighted by molar-refractivity contribution is 14.1. The third-order valence-corrected chi connectivity index (χ3v) is 6.37. The van der Waals surface area contributed by atoms with E-state index in [0.29, 0.717) is 25.5 Å². The first-order chi connectivity index (χ1) is 16.2. The van der Waals surface area contributed by atoms with Crippen molar-refractivity contribution in [1.29, 1.82) is 0 Å². The molecule has 0 unspecified atom stereocenters. The van der Waals surface area contributed by atoms with Crippen molar-refractivity contribution in [2.24, 2.45) is 0 Å². The average molecular weight is 591 g/mol. The molecule has 9 heteroatoms. The number of nitrogens with zero attached hydrogens (tertiary/aromatic N) is 1. The lowest BCUT2D eigenvalue weighted by atomic mass is 10.1. The Morgan fingerprint density at radius 2 is 1.85 bits per heavy atom. The van der Waals surface area contributed by atoms with Gasteiger partial charge in [-0.05, 0) is 77.0 Å². The summed E-state index contributed by atoms with van der Waals surface area (Å²) in [6, 6.07) is 15.3. The van der Waals surface area contributed by atoms with Gasteiger partial charge in [-0.3, -0.25) is 14.9 Å². The number of barbiturate groups is 1. The van der Waals surface area contributed by atoms with Crippen molar-refractivity contribution in [3.63, 3.8) is 0 Å². The quantitative estimate of drug-likeness (QED) is 0.237. The Kier molecular flexibility index (Phi) is 6.99. The molecule has 0 aromatic heterocycles. The van der Waals surface area contributed by atoms with E-state index in [1.807, 2.05) is 0 Å². The SMILES string of the molecule is Cc1ccc(N2C(=O)NC(=O)/C(=C/c3ccc(OCc4ccccc4F)c(I)c3)C2=O)cc1Cl. The highest BCUT2D eigenvalue weighted by Gasteiger charge is 2.37. The van der Waals surface area contributed by atoms with Crippen LogP contribution in [-0.4, -0.2) is 17.8 Å². The maximum Gasteiger partial charge on any atom is 0.335 e. The molecule has 1 heterocycles. The maximum absolute atomic E-state index is 13.8. The van der Waals surface area contributed by atoms with E-state index >= 15 is 0 Å². The number of imide groups is 2. The summed E-state index contributed by atoms with van der Waals surface area (Å²) < 4.78 is 20.2. The third kappa shape index (κ3) is 4.97. The van der Waals surface area contributed by atoms with Crippen LogP contribution in [0.4, 0.5) is 14.9 Å². The van der Waals surface area contributed by atoms with Crippen molar-refractivity contribution in [1.82, 2.24) is 5.32 Å². The van der Waals surface area contributed by atoms with Crippen LogP contribution < -0.4 is 15.0 Å². The van der Waals surface area contributed by atoms with Gasteiger partial charge < -0.3 is 4.74 Å². The smallest absolute Gasteiger partial charge is 0.335 e. The van der Waals surface area contributed by atoms with Crippen LogP contribution in [0.2, 0.25) is 5.02 Å². The van der Waals surface area contributed by atoms with Crippen molar-refractivity contribution < 1.29 is 23.5 Å². The summed E-state index contributed by atoms with van der Waals surface area (Å²) in [5.41, 5.74) is 1.82. The number of carbonyl (C=O) groups is 3. The minimum atomic E-state index is -0.849. The molecule has 4 rings (SSSR count). The van der Waals surface area contributed by atoms with Gasteiger partial charge in [-0.1, -0.05) is 41.9 Å². The molecule has 3 aromatic rings. The third-order valence-electron chi connectivity index (χ3n) is 5.12. The van der Waals surface area contributed by atoms with Crippen molar-refractivity contribution in [2.45, 2.75) is 13.5 Å². The number of urea groups is 1. The highest BCUT2D eigenvalue weighted by Crippen LogP contribution is 2.28. The van der Waals surface area contributed by atoms with Gasteiger partial charge in [-0.15, -0.1) is 0 Å². The number of benzene rings is 3. The molecule has 0 atom stereocenters. The molecule has 3 aromatic carbocycles. The molecule has 0 aliphatic carbocycles. The van der Waals surface area contributed by atoms with Gasteiger partial charge in [-0.2, -0.15) is 0 Å². The maximum atomic E-state index is 13.8. The molecule has 0 bridgehead atoms. The van der Waals surface area contributed by atoms with Gasteiger partial charge in [-0.25, -0.2) is 14.1 Å². The molecular formula is C25H17ClFIN2O4. The Morgan fingerprint density at radius 1 is 1.09 bits per heavy atom. The number of nitrogens with one attached hydrogen (secondary N) is 1. The number of rotatable bonds is 5. The first kappa shape index (κ1) is 23.9. The van der Waals surface area contributed by atoms with Gasteiger partial charge in [0.2, 0.25) is 0 Å². The van der Waals surface area contributed by atoms with Crippen molar-refractivity contribution in [2.75, 3.05) is 4.90 Å². The molecule has 0 radical (unpaired) electrons. The molecule has 0 spiro atoms. The van der Waals surface area contributed by atoms with Crippen LogP contribution in [-0.2, 0) is 16.2 Å². The van der Waals surface area contributed by atoms with Crippen LogP contribution in [0.15, 0.2) is 66.2 Å². The van der Waals surface area contributed by atoms with E-state index in [1.165, 1.54) is 18.2 Å². The Morgan fingerprint density at radius 3 is 2.56 bits per heavy atom. The number of ether oxygens (including phenoxy) is 1. The van der Waals surface area contributed by atoms with Crippen LogP contribution in [0.5, 0.6) is 5.75 Å². The lowest BCUT2D eigenvalue weighted by Gasteiger charge is -2.26. The predicted molar refractivity (Wildman–Crippen MR) is 135 cm³/mol. The molecule has 0 saturated carbocycles. The van der Waals surface area contributed by atoms with Gasteiger partial charge >= 0.3 is 6.03 Å². The van der Waals surface area contributed by atoms with Gasteiger partial charge in [0.05, 0.1) is 9.26 Å². The Bertz CT molecular complexity index is 1360. The Hall–Kier alpha value is -3.24. The largest absolute Gasteiger partial charge is 0.488 e. The van der Waals surface area contributed by atoms with E-state index in [-0.39, 0.29) is 23.7 Å². The topological polar surface area (TPSA) is 75.7 Å². The van der Waals surface area contributed by atoms with Gasteiger partial charge in [0.25, 0.3) is 11.8 Å². The van der Waals surface area contributed by atoms with Crippen LogP contribution in [0, 0.1) is 16.3 Å². The normalized spacial score (nSPS) is 15.0. The first-order valence-electron chi connectivity index (χ1n) is 10.1. The molecule has 1 aliphatic rings. The summed E-state index contributed by atoms with van der Waals surface area (Å²) >= 11 is 8.20. The zero-order valence-corrected chi connectivity index (χ0v) is 20.7. The second kappa shape index (κ2) is 9.94. The molecule has 1 N–H and O–H groups in total. The summed E-state index contributed by atoms with van der Waals surface area (Å²) in [7, 11) is 0. The highest BCUT2D eigenvalue weighted by atomic mass is 127. The molecule has 34 heavy (non-hydrogen) atoms. The summed E-state index contributed by atoms with van der Waals surface area (Å²) in [5.74, 6) is -1.38. The summed E-state index contributed by atoms with van der Waals surface area (Å²) in [6.45, 7) is 1.85. The number of carbonyl (C=O) groups excluding carboxylic acids is 3. The number of anilines is 1. The molecule has 172 valence electrons. The fourth-order valence-electron chi connectivity index (χ4n) is 3.27. The van der Waals surface area contributed by atoms with E-state index in [1.54, 1.807) is 55.5 Å².